The molecule has 70 heavy (non-hydrogen) atoms. The van der Waals surface area contributed by atoms with E-state index in [2.05, 4.69) is 160 Å². The molecule has 9 nitrogen and oxygen atoms in total. The molecule has 0 rings (SSSR count). The van der Waals surface area contributed by atoms with Gasteiger partial charge in [0.1, 0.15) is 19.8 Å². The zero-order valence-corrected chi connectivity index (χ0v) is 45.3. The molecule has 2 unspecified atom stereocenters. The Labute approximate surface area is 427 Å². The van der Waals surface area contributed by atoms with Crippen molar-refractivity contribution in [2.24, 2.45) is 0 Å². The summed E-state index contributed by atoms with van der Waals surface area (Å²) in [5.41, 5.74) is 0. The normalized spacial score (nSPS) is 14.5. The van der Waals surface area contributed by atoms with Crippen LogP contribution in [-0.4, -0.2) is 70.0 Å². The number of likely N-dealkylation sites (N-methyl/N-ethyl adjacent to an activating group) is 1. The average Bonchev–Trinajstić information content (AvgIpc) is 3.32. The number of hydrogen-bond acceptors (Lipinski definition) is 8. The monoisotopic (exact) mass is 990 g/mol. The third kappa shape index (κ3) is 53.2. The summed E-state index contributed by atoms with van der Waals surface area (Å²) in [6.07, 6.45) is 73.1. The van der Waals surface area contributed by atoms with E-state index in [1.165, 1.54) is 0 Å². The molecule has 0 aromatic heterocycles. The van der Waals surface area contributed by atoms with E-state index in [0.29, 0.717) is 23.9 Å². The highest BCUT2D eigenvalue weighted by molar-refractivity contribution is 7.45. The van der Waals surface area contributed by atoms with Crippen molar-refractivity contribution in [3.05, 3.63) is 146 Å². The summed E-state index contributed by atoms with van der Waals surface area (Å²) in [4.78, 5) is 37.8. The van der Waals surface area contributed by atoms with E-state index < -0.39 is 32.5 Å². The summed E-state index contributed by atoms with van der Waals surface area (Å²) in [6.45, 7) is 3.91. The van der Waals surface area contributed by atoms with E-state index in [1.807, 2.05) is 21.1 Å². The molecular weight excluding hydrogens is 894 g/mol. The van der Waals surface area contributed by atoms with Crippen LogP contribution in [-0.2, 0) is 32.7 Å². The van der Waals surface area contributed by atoms with Crippen molar-refractivity contribution >= 4 is 19.8 Å². The van der Waals surface area contributed by atoms with Crippen molar-refractivity contribution in [2.75, 3.05) is 47.5 Å². The molecule has 0 spiro atoms. The minimum absolute atomic E-state index is 0.0502. The molecule has 0 heterocycles. The Morgan fingerprint density at radius 2 is 0.771 bits per heavy atom. The van der Waals surface area contributed by atoms with Crippen molar-refractivity contribution in [3.8, 4) is 0 Å². The molecule has 0 saturated carbocycles. The van der Waals surface area contributed by atoms with Gasteiger partial charge in [-0.2, -0.15) is 0 Å². The van der Waals surface area contributed by atoms with Crippen LogP contribution < -0.4 is 4.89 Å². The predicted octanol–water partition coefficient (Wildman–Crippen LogP) is 15.7. The van der Waals surface area contributed by atoms with Crippen LogP contribution >= 0.6 is 7.82 Å². The Bertz CT molecular complexity index is 1690. The first-order valence-corrected chi connectivity index (χ1v) is 28.0. The summed E-state index contributed by atoms with van der Waals surface area (Å²) >= 11 is 0. The quantitative estimate of drug-likeness (QED) is 0.0195. The fraction of sp³-hybridized carbons (Fsp3) is 0.567. The molecule has 0 amide bonds. The number of ether oxygens (including phenoxy) is 2. The molecule has 0 aromatic carbocycles. The first-order valence-electron chi connectivity index (χ1n) is 26.5. The summed E-state index contributed by atoms with van der Waals surface area (Å²) in [5.74, 6) is -0.910. The molecule has 0 saturated heterocycles. The van der Waals surface area contributed by atoms with E-state index in [9.17, 15) is 19.0 Å². The average molecular weight is 990 g/mol. The number of quaternary nitrogens is 1. The number of hydrogen-bond donors (Lipinski definition) is 0. The van der Waals surface area contributed by atoms with Gasteiger partial charge in [0, 0.05) is 12.8 Å². The summed E-state index contributed by atoms with van der Waals surface area (Å²) in [5, 5.41) is 0. The van der Waals surface area contributed by atoms with Gasteiger partial charge in [-0.3, -0.25) is 14.2 Å². The maximum absolute atomic E-state index is 12.8. The number of phosphoric acid groups is 1. The number of rotatable bonds is 46. The molecule has 394 valence electrons. The van der Waals surface area contributed by atoms with Crippen molar-refractivity contribution in [2.45, 2.75) is 174 Å². The van der Waals surface area contributed by atoms with E-state index >= 15 is 0 Å². The zero-order chi connectivity index (χ0) is 51.3. The minimum Gasteiger partial charge on any atom is -0.756 e. The lowest BCUT2D eigenvalue weighted by molar-refractivity contribution is -0.870. The number of carbonyl (C=O) groups excluding carboxylic acids is 2. The van der Waals surface area contributed by atoms with E-state index in [1.54, 1.807) is 0 Å². The predicted molar refractivity (Wildman–Crippen MR) is 295 cm³/mol. The van der Waals surface area contributed by atoms with Crippen LogP contribution in [0, 0.1) is 0 Å². The van der Waals surface area contributed by atoms with E-state index in [-0.39, 0.29) is 26.1 Å². The largest absolute Gasteiger partial charge is 0.756 e. The van der Waals surface area contributed by atoms with Crippen molar-refractivity contribution in [1.82, 2.24) is 0 Å². The number of phosphoric ester groups is 1. The fourth-order valence-electron chi connectivity index (χ4n) is 6.31. The van der Waals surface area contributed by atoms with Gasteiger partial charge in [-0.25, -0.2) is 0 Å². The molecule has 0 aliphatic rings. The molecule has 0 aromatic rings. The van der Waals surface area contributed by atoms with Crippen LogP contribution in [0.2, 0.25) is 0 Å². The van der Waals surface area contributed by atoms with Crippen LogP contribution in [0.1, 0.15) is 168 Å². The van der Waals surface area contributed by atoms with Crippen molar-refractivity contribution < 1.29 is 42.1 Å². The van der Waals surface area contributed by atoms with Gasteiger partial charge in [-0.05, 0) is 116 Å². The van der Waals surface area contributed by atoms with Crippen LogP contribution in [0.15, 0.2) is 146 Å². The Hall–Kier alpha value is -4.11. The maximum atomic E-state index is 12.8. The standard InChI is InChI=1S/C60H96NO8P/c1-6-8-10-12-14-16-18-20-22-24-26-27-28-29-30-31-32-33-35-37-39-41-43-45-47-49-51-53-60(63)69-58(57-68-70(64,65)67-55-54-61(3,4)5)56-66-59(62)52-50-48-46-44-42-40-38-36-34-25-23-21-19-17-15-13-11-9-7-2/h8-11,14-17,20-23,26-27,29-30,32-34,36-37,39-40,42,58H,6-7,12-13,18-19,24-25,28,31,35,38,41,43-57H2,1-5H3/b10-8-,11-9-,16-14-,17-15-,22-20-,23-21-,27-26-,30-29-,33-32-,36-34-,39-37-,42-40-. The number of esters is 2. The molecule has 0 aliphatic heterocycles. The van der Waals surface area contributed by atoms with Gasteiger partial charge in [0.15, 0.2) is 6.10 Å². The maximum Gasteiger partial charge on any atom is 0.306 e. The van der Waals surface area contributed by atoms with Gasteiger partial charge in [0.05, 0.1) is 27.7 Å². The Morgan fingerprint density at radius 3 is 1.16 bits per heavy atom. The second-order valence-electron chi connectivity index (χ2n) is 18.1. The first kappa shape index (κ1) is 65.9. The molecule has 0 N–H and O–H groups in total. The highest BCUT2D eigenvalue weighted by Gasteiger charge is 2.21. The van der Waals surface area contributed by atoms with Gasteiger partial charge in [0.2, 0.25) is 0 Å². The highest BCUT2D eigenvalue weighted by atomic mass is 31.2. The topological polar surface area (TPSA) is 111 Å². The lowest BCUT2D eigenvalue weighted by atomic mass is 10.1. The lowest BCUT2D eigenvalue weighted by Crippen LogP contribution is -2.37. The molecule has 0 aliphatic carbocycles. The van der Waals surface area contributed by atoms with Crippen LogP contribution in [0.25, 0.3) is 0 Å². The number of nitrogens with zero attached hydrogens (tertiary/aromatic N) is 1. The molecular formula is C60H96NO8P. The smallest absolute Gasteiger partial charge is 0.306 e. The number of allylic oxidation sites excluding steroid dienone is 24. The van der Waals surface area contributed by atoms with Gasteiger partial charge in [-0.15, -0.1) is 0 Å². The minimum atomic E-state index is -4.66. The van der Waals surface area contributed by atoms with Crippen molar-refractivity contribution in [3.63, 3.8) is 0 Å². The van der Waals surface area contributed by atoms with Gasteiger partial charge < -0.3 is 27.9 Å². The van der Waals surface area contributed by atoms with Crippen LogP contribution in [0.4, 0.5) is 0 Å². The molecule has 10 heteroatoms. The summed E-state index contributed by atoms with van der Waals surface area (Å²) in [6, 6.07) is 0. The molecule has 0 bridgehead atoms. The third-order valence-electron chi connectivity index (χ3n) is 10.4. The third-order valence-corrected chi connectivity index (χ3v) is 11.3. The second-order valence-corrected chi connectivity index (χ2v) is 19.5. The molecule has 0 fully saturated rings. The highest BCUT2D eigenvalue weighted by Crippen LogP contribution is 2.38. The van der Waals surface area contributed by atoms with Gasteiger partial charge in [-0.1, -0.05) is 185 Å². The Balaban J connectivity index is 4.38. The van der Waals surface area contributed by atoms with Crippen LogP contribution in [0.5, 0.6) is 0 Å². The fourth-order valence-corrected chi connectivity index (χ4v) is 7.04. The first-order chi connectivity index (χ1) is 34.0. The van der Waals surface area contributed by atoms with Crippen molar-refractivity contribution in [1.29, 1.82) is 0 Å². The summed E-state index contributed by atoms with van der Waals surface area (Å²) < 4.78 is 34.0. The number of unbranched alkanes of at least 4 members (excludes halogenated alkanes) is 8. The Morgan fingerprint density at radius 1 is 0.443 bits per heavy atom. The van der Waals surface area contributed by atoms with Crippen LogP contribution in [0.3, 0.4) is 0 Å². The van der Waals surface area contributed by atoms with E-state index in [4.69, 9.17) is 18.5 Å². The molecule has 0 radical (unpaired) electrons. The Kier molecular flexibility index (Phi) is 46.9. The zero-order valence-electron chi connectivity index (χ0n) is 44.4. The lowest BCUT2D eigenvalue weighted by Gasteiger charge is -2.28. The van der Waals surface area contributed by atoms with Gasteiger partial charge >= 0.3 is 11.9 Å². The second kappa shape index (κ2) is 49.9. The molecule has 2 atom stereocenters. The summed E-state index contributed by atoms with van der Waals surface area (Å²) in [7, 11) is 1.10. The van der Waals surface area contributed by atoms with E-state index in [0.717, 1.165) is 128 Å². The SMILES string of the molecule is CC/C=C\C/C=C\C/C=C\C/C=C\C/C=C\C/C=C\C/C=C\CCCCCCCC(=O)OC(COC(=O)CCCCC/C=C\C/C=C\C/C=C\C/C=C\C/C=C\CC)COP(=O)([O-])OCC[N+](C)(C)C. The van der Waals surface area contributed by atoms with Gasteiger partial charge in [0.25, 0.3) is 7.82 Å². The number of carbonyl (C=O) groups is 2.